The average molecular weight is 242 g/mol. The van der Waals surface area contributed by atoms with Gasteiger partial charge in [0.2, 0.25) is 0 Å². The van der Waals surface area contributed by atoms with Crippen LogP contribution in [0.2, 0.25) is 0 Å². The molecule has 94 valence electrons. The van der Waals surface area contributed by atoms with Gasteiger partial charge in [-0.2, -0.15) is 0 Å². The maximum absolute atomic E-state index is 13.2. The fourth-order valence-corrected chi connectivity index (χ4v) is 1.40. The average Bonchev–Trinajstić information content (AvgIpc) is 2.28. The first-order chi connectivity index (χ1) is 8.04. The van der Waals surface area contributed by atoms with Gasteiger partial charge in [-0.15, -0.1) is 0 Å². The summed E-state index contributed by atoms with van der Waals surface area (Å²) in [4.78, 5) is 0. The van der Waals surface area contributed by atoms with Crippen molar-refractivity contribution >= 4 is 12.6 Å². The van der Waals surface area contributed by atoms with Crippen molar-refractivity contribution in [1.82, 2.24) is 0 Å². The van der Waals surface area contributed by atoms with Crippen molar-refractivity contribution in [3.8, 4) is 0 Å². The predicted molar refractivity (Wildman–Crippen MR) is 62.4 cm³/mol. The van der Waals surface area contributed by atoms with Crippen molar-refractivity contribution < 1.29 is 23.9 Å². The highest BCUT2D eigenvalue weighted by atomic mass is 19.1. The van der Waals surface area contributed by atoms with Crippen molar-refractivity contribution in [3.05, 3.63) is 29.6 Å². The minimum atomic E-state index is -1.81. The largest absolute Gasteiger partial charge is 0.491 e. The lowest BCUT2D eigenvalue weighted by Gasteiger charge is -2.12. The molecule has 0 spiro atoms. The molecule has 1 atom stereocenters. The van der Waals surface area contributed by atoms with Gasteiger partial charge in [0.15, 0.2) is 0 Å². The van der Waals surface area contributed by atoms with Crippen LogP contribution in [-0.4, -0.2) is 37.0 Å². The van der Waals surface area contributed by atoms with Gasteiger partial charge in [-0.05, 0) is 18.6 Å². The van der Waals surface area contributed by atoms with Crippen LogP contribution in [0.3, 0.4) is 0 Å². The molecule has 17 heavy (non-hydrogen) atoms. The number of ether oxygens (including phenoxy) is 2. The van der Waals surface area contributed by atoms with Gasteiger partial charge >= 0.3 is 7.12 Å². The van der Waals surface area contributed by atoms with Crippen LogP contribution < -0.4 is 5.46 Å². The zero-order chi connectivity index (χ0) is 12.8. The van der Waals surface area contributed by atoms with E-state index in [0.717, 1.165) is 0 Å². The summed E-state index contributed by atoms with van der Waals surface area (Å²) in [6.07, 6.45) is -0.0763. The molecule has 1 aromatic carbocycles. The number of halogens is 1. The molecule has 0 aliphatic heterocycles. The first-order valence-electron chi connectivity index (χ1n) is 5.29. The van der Waals surface area contributed by atoms with Crippen molar-refractivity contribution in [3.63, 3.8) is 0 Å². The zero-order valence-electron chi connectivity index (χ0n) is 9.89. The fourth-order valence-electron chi connectivity index (χ4n) is 1.40. The Hall–Kier alpha value is -0.945. The molecule has 0 fully saturated rings. The smallest absolute Gasteiger partial charge is 0.423 e. The molecule has 4 nitrogen and oxygen atoms in total. The van der Waals surface area contributed by atoms with Gasteiger partial charge in [0.25, 0.3) is 0 Å². The Labute approximate surface area is 100 Å². The highest BCUT2D eigenvalue weighted by molar-refractivity contribution is 6.58. The van der Waals surface area contributed by atoms with Crippen LogP contribution in [0.5, 0.6) is 0 Å². The monoisotopic (exact) mass is 242 g/mol. The summed E-state index contributed by atoms with van der Waals surface area (Å²) in [6.45, 7) is 2.59. The molecule has 2 N–H and O–H groups in total. The van der Waals surface area contributed by atoms with Gasteiger partial charge in [0.05, 0.1) is 19.3 Å². The summed E-state index contributed by atoms with van der Waals surface area (Å²) in [5.41, 5.74) is 0.531. The van der Waals surface area contributed by atoms with Crippen molar-refractivity contribution in [2.75, 3.05) is 13.7 Å². The maximum atomic E-state index is 13.2. The standard InChI is InChI=1S/C11H16BFO4/c1-8(6-16-2)17-7-9-3-4-11(13)10(5-9)12(14)15/h3-5,8,14-15H,6-7H2,1-2H3. The molecule has 0 saturated carbocycles. The Morgan fingerprint density at radius 3 is 2.71 bits per heavy atom. The predicted octanol–water partition coefficient (Wildman–Crippen LogP) is 0.0570. The number of rotatable bonds is 6. The molecule has 0 amide bonds. The van der Waals surface area contributed by atoms with E-state index in [-0.39, 0.29) is 18.2 Å². The quantitative estimate of drug-likeness (QED) is 0.692. The molecule has 0 saturated heterocycles. The normalized spacial score (nSPS) is 12.5. The summed E-state index contributed by atoms with van der Waals surface area (Å²) in [7, 11) is -0.232. The Morgan fingerprint density at radius 1 is 1.41 bits per heavy atom. The van der Waals surface area contributed by atoms with Crippen LogP contribution in [-0.2, 0) is 16.1 Å². The van der Waals surface area contributed by atoms with Crippen LogP contribution >= 0.6 is 0 Å². The Kier molecular flexibility index (Phi) is 5.57. The van der Waals surface area contributed by atoms with Crippen molar-refractivity contribution in [2.24, 2.45) is 0 Å². The Balaban J connectivity index is 2.63. The summed E-state index contributed by atoms with van der Waals surface area (Å²) in [5.74, 6) is -0.645. The lowest BCUT2D eigenvalue weighted by molar-refractivity contribution is -0.000120. The molecule has 1 rings (SSSR count). The van der Waals surface area contributed by atoms with Crippen LogP contribution in [0.1, 0.15) is 12.5 Å². The van der Waals surface area contributed by atoms with Crippen molar-refractivity contribution in [2.45, 2.75) is 19.6 Å². The number of hydrogen-bond donors (Lipinski definition) is 2. The Bertz CT molecular complexity index is 359. The van der Waals surface area contributed by atoms with E-state index in [1.807, 2.05) is 6.92 Å². The lowest BCUT2D eigenvalue weighted by atomic mass is 9.79. The SMILES string of the molecule is COCC(C)OCc1ccc(F)c(B(O)O)c1. The van der Waals surface area contributed by atoms with Gasteiger partial charge in [-0.1, -0.05) is 12.1 Å². The van der Waals surface area contributed by atoms with Crippen LogP contribution in [0.4, 0.5) is 4.39 Å². The van der Waals surface area contributed by atoms with Crippen LogP contribution in [0, 0.1) is 5.82 Å². The first-order valence-corrected chi connectivity index (χ1v) is 5.29. The zero-order valence-corrected chi connectivity index (χ0v) is 9.89. The van der Waals surface area contributed by atoms with Gasteiger partial charge in [0, 0.05) is 12.6 Å². The second-order valence-electron chi connectivity index (χ2n) is 3.81. The molecule has 6 heteroatoms. The minimum absolute atomic E-state index is 0.0763. The molecule has 1 unspecified atom stereocenters. The summed E-state index contributed by atoms with van der Waals surface area (Å²) in [6, 6.07) is 4.11. The maximum Gasteiger partial charge on any atom is 0.491 e. The fraction of sp³-hybridized carbons (Fsp3) is 0.455. The van der Waals surface area contributed by atoms with E-state index in [4.69, 9.17) is 19.5 Å². The van der Waals surface area contributed by atoms with Gasteiger partial charge in [0.1, 0.15) is 5.82 Å². The van der Waals surface area contributed by atoms with E-state index < -0.39 is 12.9 Å². The molecule has 0 aliphatic rings. The molecule has 0 aliphatic carbocycles. The Morgan fingerprint density at radius 2 is 2.12 bits per heavy atom. The molecular formula is C11H16BFO4. The minimum Gasteiger partial charge on any atom is -0.423 e. The third kappa shape index (κ3) is 4.43. The first kappa shape index (κ1) is 14.1. The lowest BCUT2D eigenvalue weighted by Crippen LogP contribution is -2.33. The van der Waals surface area contributed by atoms with E-state index in [1.165, 1.54) is 12.1 Å². The summed E-state index contributed by atoms with van der Waals surface area (Å²) >= 11 is 0. The summed E-state index contributed by atoms with van der Waals surface area (Å²) < 4.78 is 23.5. The van der Waals surface area contributed by atoms with E-state index in [2.05, 4.69) is 0 Å². The van der Waals surface area contributed by atoms with E-state index in [9.17, 15) is 4.39 Å². The molecule has 0 radical (unpaired) electrons. The van der Waals surface area contributed by atoms with Crippen molar-refractivity contribution in [1.29, 1.82) is 0 Å². The molecule has 0 bridgehead atoms. The van der Waals surface area contributed by atoms with Crippen LogP contribution in [0.15, 0.2) is 18.2 Å². The molecule has 0 heterocycles. The molecule has 0 aromatic heterocycles. The number of benzene rings is 1. The topological polar surface area (TPSA) is 58.9 Å². The second kappa shape index (κ2) is 6.71. The van der Waals surface area contributed by atoms with Crippen LogP contribution in [0.25, 0.3) is 0 Å². The summed E-state index contributed by atoms with van der Waals surface area (Å²) in [5, 5.41) is 17.9. The van der Waals surface area contributed by atoms with Gasteiger partial charge in [-0.25, -0.2) is 4.39 Å². The highest BCUT2D eigenvalue weighted by Gasteiger charge is 2.16. The van der Waals surface area contributed by atoms with E-state index >= 15 is 0 Å². The highest BCUT2D eigenvalue weighted by Crippen LogP contribution is 2.05. The van der Waals surface area contributed by atoms with Gasteiger partial charge in [-0.3, -0.25) is 0 Å². The third-order valence-corrected chi connectivity index (χ3v) is 2.27. The molecular weight excluding hydrogens is 226 g/mol. The number of methoxy groups -OCH3 is 1. The number of hydrogen-bond acceptors (Lipinski definition) is 4. The van der Waals surface area contributed by atoms with E-state index in [0.29, 0.717) is 12.2 Å². The van der Waals surface area contributed by atoms with Gasteiger partial charge < -0.3 is 19.5 Å². The molecule has 1 aromatic rings. The second-order valence-corrected chi connectivity index (χ2v) is 3.81. The van der Waals surface area contributed by atoms with E-state index in [1.54, 1.807) is 13.2 Å². The third-order valence-electron chi connectivity index (χ3n) is 2.27.